The van der Waals surface area contributed by atoms with Crippen molar-refractivity contribution in [1.82, 2.24) is 20.2 Å². The summed E-state index contributed by atoms with van der Waals surface area (Å²) < 4.78 is 5.56. The second kappa shape index (κ2) is 3.77. The molecule has 1 rings (SSSR count). The van der Waals surface area contributed by atoms with Gasteiger partial charge >= 0.3 is 5.97 Å². The summed E-state index contributed by atoms with van der Waals surface area (Å²) in [7, 11) is 1.27. The average molecular weight is 172 g/mol. The van der Waals surface area contributed by atoms with E-state index in [1.54, 1.807) is 0 Å². The molecule has 0 aliphatic carbocycles. The van der Waals surface area contributed by atoms with Crippen molar-refractivity contribution in [3.63, 3.8) is 0 Å². The van der Waals surface area contributed by atoms with Crippen LogP contribution in [0, 0.1) is 0 Å². The lowest BCUT2D eigenvalue weighted by atomic mass is 10.6. The standard InChI is InChI=1S/C5H8N4O3/c1-12-5(11)2-9-4(3-10)6-7-8-9/h10H,2-3H2,1H3. The predicted octanol–water partition coefficient (Wildman–Crippen LogP) is -1.66. The molecule has 0 spiro atoms. The maximum absolute atomic E-state index is 10.7. The van der Waals surface area contributed by atoms with Crippen LogP contribution in [0.1, 0.15) is 5.82 Å². The van der Waals surface area contributed by atoms with E-state index in [0.717, 1.165) is 0 Å². The minimum atomic E-state index is -0.461. The summed E-state index contributed by atoms with van der Waals surface area (Å²) in [6.07, 6.45) is 0. The normalized spacial score (nSPS) is 9.83. The van der Waals surface area contributed by atoms with E-state index < -0.39 is 5.97 Å². The van der Waals surface area contributed by atoms with Crippen molar-refractivity contribution in [3.8, 4) is 0 Å². The number of carbonyl (C=O) groups excluding carboxylic acids is 1. The van der Waals surface area contributed by atoms with Gasteiger partial charge in [-0.05, 0) is 10.4 Å². The third-order valence-corrected chi connectivity index (χ3v) is 1.25. The monoisotopic (exact) mass is 172 g/mol. The molecule has 0 radical (unpaired) electrons. The molecule has 0 aliphatic heterocycles. The van der Waals surface area contributed by atoms with Crippen LogP contribution in [-0.4, -0.2) is 38.4 Å². The molecule has 66 valence electrons. The SMILES string of the molecule is COC(=O)Cn1nnnc1CO. The zero-order valence-corrected chi connectivity index (χ0v) is 6.47. The second-order valence-corrected chi connectivity index (χ2v) is 1.99. The number of methoxy groups -OCH3 is 1. The molecule has 0 atom stereocenters. The second-order valence-electron chi connectivity index (χ2n) is 1.99. The minimum Gasteiger partial charge on any atom is -0.468 e. The van der Waals surface area contributed by atoms with Gasteiger partial charge in [0.25, 0.3) is 0 Å². The average Bonchev–Trinajstić information content (AvgIpc) is 2.51. The number of aromatic nitrogens is 4. The Hall–Kier alpha value is -1.50. The topological polar surface area (TPSA) is 90.1 Å². The van der Waals surface area contributed by atoms with E-state index in [0.29, 0.717) is 0 Å². The van der Waals surface area contributed by atoms with Gasteiger partial charge in [-0.3, -0.25) is 4.79 Å². The van der Waals surface area contributed by atoms with Crippen LogP contribution in [0.4, 0.5) is 0 Å². The van der Waals surface area contributed by atoms with Crippen molar-refractivity contribution in [2.75, 3.05) is 7.11 Å². The molecule has 7 nitrogen and oxygen atoms in total. The molecule has 0 bridgehead atoms. The number of esters is 1. The van der Waals surface area contributed by atoms with E-state index in [1.807, 2.05) is 0 Å². The van der Waals surface area contributed by atoms with E-state index in [1.165, 1.54) is 11.8 Å². The minimum absolute atomic E-state index is 0.0839. The third kappa shape index (κ3) is 1.76. The van der Waals surface area contributed by atoms with Crippen LogP contribution in [0.15, 0.2) is 0 Å². The molecule has 1 aromatic rings. The fraction of sp³-hybridized carbons (Fsp3) is 0.600. The molecule has 0 aliphatic rings. The van der Waals surface area contributed by atoms with E-state index in [4.69, 9.17) is 5.11 Å². The van der Waals surface area contributed by atoms with Gasteiger partial charge in [0.1, 0.15) is 13.2 Å². The lowest BCUT2D eigenvalue weighted by Gasteiger charge is -1.99. The number of hydrogen-bond acceptors (Lipinski definition) is 6. The molecule has 1 N–H and O–H groups in total. The van der Waals surface area contributed by atoms with Crippen molar-refractivity contribution < 1.29 is 14.6 Å². The van der Waals surface area contributed by atoms with Crippen LogP contribution < -0.4 is 0 Å². The van der Waals surface area contributed by atoms with Gasteiger partial charge in [-0.1, -0.05) is 0 Å². The Balaban J connectivity index is 2.68. The lowest BCUT2D eigenvalue weighted by Crippen LogP contribution is -2.15. The van der Waals surface area contributed by atoms with Crippen molar-refractivity contribution in [2.45, 2.75) is 13.2 Å². The van der Waals surface area contributed by atoms with E-state index in [9.17, 15) is 4.79 Å². The number of ether oxygens (including phenoxy) is 1. The van der Waals surface area contributed by atoms with Crippen LogP contribution in [0.5, 0.6) is 0 Å². The van der Waals surface area contributed by atoms with E-state index >= 15 is 0 Å². The van der Waals surface area contributed by atoms with E-state index in [2.05, 4.69) is 20.3 Å². The maximum Gasteiger partial charge on any atom is 0.327 e. The molecule has 1 aromatic heterocycles. The van der Waals surface area contributed by atoms with Gasteiger partial charge in [-0.25, -0.2) is 4.68 Å². The van der Waals surface area contributed by atoms with Crippen molar-refractivity contribution in [2.24, 2.45) is 0 Å². The quantitative estimate of drug-likeness (QED) is 0.549. The summed E-state index contributed by atoms with van der Waals surface area (Å²) in [6.45, 7) is -0.386. The van der Waals surface area contributed by atoms with Gasteiger partial charge in [0.05, 0.1) is 7.11 Å². The van der Waals surface area contributed by atoms with Gasteiger partial charge in [0.15, 0.2) is 5.82 Å². The van der Waals surface area contributed by atoms with Gasteiger partial charge in [-0.15, -0.1) is 5.10 Å². The highest BCUT2D eigenvalue weighted by atomic mass is 16.5. The summed E-state index contributed by atoms with van der Waals surface area (Å²) in [4.78, 5) is 10.7. The molecule has 0 saturated carbocycles. The Kier molecular flexibility index (Phi) is 2.70. The van der Waals surface area contributed by atoms with Crippen molar-refractivity contribution in [1.29, 1.82) is 0 Å². The summed E-state index contributed by atoms with van der Waals surface area (Å²) in [5.74, 6) is -0.225. The first-order valence-electron chi connectivity index (χ1n) is 3.20. The van der Waals surface area contributed by atoms with Crippen molar-refractivity contribution >= 4 is 5.97 Å². The van der Waals surface area contributed by atoms with Gasteiger partial charge < -0.3 is 9.84 Å². The molecule has 0 aromatic carbocycles. The molecule has 1 heterocycles. The number of rotatable bonds is 3. The zero-order chi connectivity index (χ0) is 8.97. The Morgan fingerprint density at radius 3 is 3.08 bits per heavy atom. The molecular weight excluding hydrogens is 164 g/mol. The number of aliphatic hydroxyl groups is 1. The van der Waals surface area contributed by atoms with Gasteiger partial charge in [0, 0.05) is 0 Å². The van der Waals surface area contributed by atoms with Crippen LogP contribution in [0.3, 0.4) is 0 Å². The van der Waals surface area contributed by atoms with E-state index in [-0.39, 0.29) is 19.0 Å². The fourth-order valence-electron chi connectivity index (χ4n) is 0.646. The first-order valence-corrected chi connectivity index (χ1v) is 3.20. The van der Waals surface area contributed by atoms with Crippen LogP contribution in [-0.2, 0) is 22.7 Å². The number of hydrogen-bond donors (Lipinski definition) is 1. The largest absolute Gasteiger partial charge is 0.468 e. The molecule has 0 unspecified atom stereocenters. The smallest absolute Gasteiger partial charge is 0.327 e. The molecule has 0 saturated heterocycles. The predicted molar refractivity (Wildman–Crippen MR) is 35.8 cm³/mol. The summed E-state index contributed by atoms with van der Waals surface area (Å²) in [6, 6.07) is 0. The number of tetrazole rings is 1. The summed E-state index contributed by atoms with van der Waals surface area (Å²) in [5, 5.41) is 18.9. The van der Waals surface area contributed by atoms with Crippen LogP contribution >= 0.6 is 0 Å². The molecule has 0 fully saturated rings. The molecular formula is C5H8N4O3. The fourth-order valence-corrected chi connectivity index (χ4v) is 0.646. The zero-order valence-electron chi connectivity index (χ0n) is 6.47. The highest BCUT2D eigenvalue weighted by Crippen LogP contribution is 1.91. The molecule has 7 heteroatoms. The first-order chi connectivity index (χ1) is 5.77. The maximum atomic E-state index is 10.7. The highest BCUT2D eigenvalue weighted by molar-refractivity contribution is 5.68. The number of carbonyl (C=O) groups is 1. The summed E-state index contributed by atoms with van der Waals surface area (Å²) in [5.41, 5.74) is 0. The Morgan fingerprint density at radius 1 is 1.75 bits per heavy atom. The Morgan fingerprint density at radius 2 is 2.50 bits per heavy atom. The first kappa shape index (κ1) is 8.60. The molecule has 12 heavy (non-hydrogen) atoms. The van der Waals surface area contributed by atoms with Crippen molar-refractivity contribution in [3.05, 3.63) is 5.82 Å². The number of aliphatic hydroxyl groups excluding tert-OH is 1. The van der Waals surface area contributed by atoms with Crippen LogP contribution in [0.25, 0.3) is 0 Å². The van der Waals surface area contributed by atoms with Gasteiger partial charge in [-0.2, -0.15) is 0 Å². The lowest BCUT2D eigenvalue weighted by molar-refractivity contribution is -0.141. The summed E-state index contributed by atoms with van der Waals surface area (Å²) >= 11 is 0. The van der Waals surface area contributed by atoms with Gasteiger partial charge in [0.2, 0.25) is 0 Å². The molecule has 0 amide bonds. The number of nitrogens with zero attached hydrogens (tertiary/aromatic N) is 4. The Bertz CT molecular complexity index is 271. The highest BCUT2D eigenvalue weighted by Gasteiger charge is 2.08. The Labute approximate surface area is 67.9 Å². The third-order valence-electron chi connectivity index (χ3n) is 1.25. The van der Waals surface area contributed by atoms with Crippen LogP contribution in [0.2, 0.25) is 0 Å².